The van der Waals surface area contributed by atoms with Crippen LogP contribution in [0.5, 0.6) is 0 Å². The van der Waals surface area contributed by atoms with Gasteiger partial charge in [-0.25, -0.2) is 4.68 Å². The van der Waals surface area contributed by atoms with Gasteiger partial charge in [-0.3, -0.25) is 0 Å². The van der Waals surface area contributed by atoms with Crippen LogP contribution >= 0.6 is 0 Å². The third-order valence-corrected chi connectivity index (χ3v) is 4.92. The molecule has 4 nitrogen and oxygen atoms in total. The van der Waals surface area contributed by atoms with Gasteiger partial charge in [-0.05, 0) is 67.7 Å². The van der Waals surface area contributed by atoms with Crippen LogP contribution in [-0.2, 0) is 6.54 Å². The normalized spacial score (nSPS) is 15.2. The SMILES string of the molecule is c1ccc(-n2nccc2CNc2ccc(C3CCNCC3)cc2)cc1. The zero-order valence-corrected chi connectivity index (χ0v) is 14.4. The van der Waals surface area contributed by atoms with E-state index >= 15 is 0 Å². The van der Waals surface area contributed by atoms with Gasteiger partial charge in [-0.15, -0.1) is 0 Å². The van der Waals surface area contributed by atoms with Crippen LogP contribution in [0.15, 0.2) is 66.9 Å². The van der Waals surface area contributed by atoms with Crippen molar-refractivity contribution in [1.82, 2.24) is 15.1 Å². The predicted octanol–water partition coefficient (Wildman–Crippen LogP) is 3.95. The first-order valence-electron chi connectivity index (χ1n) is 9.03. The average Bonchev–Trinajstić information content (AvgIpc) is 3.17. The number of rotatable bonds is 5. The van der Waals surface area contributed by atoms with Gasteiger partial charge in [0.15, 0.2) is 0 Å². The molecule has 0 radical (unpaired) electrons. The summed E-state index contributed by atoms with van der Waals surface area (Å²) in [4.78, 5) is 0. The van der Waals surface area contributed by atoms with E-state index in [0.29, 0.717) is 5.92 Å². The van der Waals surface area contributed by atoms with E-state index in [1.165, 1.54) is 18.4 Å². The van der Waals surface area contributed by atoms with Crippen molar-refractivity contribution >= 4 is 5.69 Å². The Morgan fingerprint density at radius 2 is 1.72 bits per heavy atom. The van der Waals surface area contributed by atoms with Crippen molar-refractivity contribution in [3.8, 4) is 5.69 Å². The monoisotopic (exact) mass is 332 g/mol. The lowest BCUT2D eigenvalue weighted by Gasteiger charge is -2.23. The van der Waals surface area contributed by atoms with Gasteiger partial charge in [0.2, 0.25) is 0 Å². The lowest BCUT2D eigenvalue weighted by Crippen LogP contribution is -2.26. The van der Waals surface area contributed by atoms with E-state index in [-0.39, 0.29) is 0 Å². The van der Waals surface area contributed by atoms with E-state index in [1.54, 1.807) is 0 Å². The molecule has 0 atom stereocenters. The summed E-state index contributed by atoms with van der Waals surface area (Å²) in [7, 11) is 0. The molecule has 1 saturated heterocycles. The summed E-state index contributed by atoms with van der Waals surface area (Å²) in [6.07, 6.45) is 4.33. The molecule has 1 aliphatic heterocycles. The molecule has 1 aromatic heterocycles. The Morgan fingerprint density at radius 1 is 0.960 bits per heavy atom. The van der Waals surface area contributed by atoms with E-state index in [2.05, 4.69) is 58.2 Å². The van der Waals surface area contributed by atoms with Crippen molar-refractivity contribution in [2.75, 3.05) is 18.4 Å². The van der Waals surface area contributed by atoms with Crippen molar-refractivity contribution in [2.45, 2.75) is 25.3 Å². The van der Waals surface area contributed by atoms with Gasteiger partial charge < -0.3 is 10.6 Å². The summed E-state index contributed by atoms with van der Waals surface area (Å²) in [6, 6.07) is 21.2. The average molecular weight is 332 g/mol. The Balaban J connectivity index is 1.41. The Kier molecular flexibility index (Phi) is 4.79. The second-order valence-corrected chi connectivity index (χ2v) is 6.57. The topological polar surface area (TPSA) is 41.9 Å². The Labute approximate surface area is 148 Å². The highest BCUT2D eigenvalue weighted by Crippen LogP contribution is 2.26. The summed E-state index contributed by atoms with van der Waals surface area (Å²) >= 11 is 0. The summed E-state index contributed by atoms with van der Waals surface area (Å²) in [6.45, 7) is 3.02. The molecule has 2 N–H and O–H groups in total. The molecule has 0 aliphatic carbocycles. The molecule has 128 valence electrons. The van der Waals surface area contributed by atoms with Gasteiger partial charge in [0.05, 0.1) is 17.9 Å². The molecular formula is C21H24N4. The number of nitrogens with one attached hydrogen (secondary N) is 2. The maximum Gasteiger partial charge on any atom is 0.0649 e. The van der Waals surface area contributed by atoms with Crippen LogP contribution in [0.3, 0.4) is 0 Å². The first-order chi connectivity index (χ1) is 12.4. The molecule has 0 bridgehead atoms. The van der Waals surface area contributed by atoms with E-state index < -0.39 is 0 Å². The van der Waals surface area contributed by atoms with Gasteiger partial charge in [0, 0.05) is 11.9 Å². The van der Waals surface area contributed by atoms with E-state index in [4.69, 9.17) is 0 Å². The van der Waals surface area contributed by atoms with Crippen molar-refractivity contribution in [1.29, 1.82) is 0 Å². The second-order valence-electron chi connectivity index (χ2n) is 6.57. The highest BCUT2D eigenvalue weighted by molar-refractivity contribution is 5.46. The number of piperidine rings is 1. The van der Waals surface area contributed by atoms with E-state index in [0.717, 1.165) is 36.7 Å². The zero-order valence-electron chi connectivity index (χ0n) is 14.4. The first kappa shape index (κ1) is 15.9. The highest BCUT2D eigenvalue weighted by Gasteiger charge is 2.14. The zero-order chi connectivity index (χ0) is 16.9. The molecule has 4 rings (SSSR count). The maximum atomic E-state index is 4.44. The maximum absolute atomic E-state index is 4.44. The number of anilines is 1. The van der Waals surface area contributed by atoms with Gasteiger partial charge in [-0.2, -0.15) is 5.10 Å². The summed E-state index contributed by atoms with van der Waals surface area (Å²) in [5, 5.41) is 11.4. The summed E-state index contributed by atoms with van der Waals surface area (Å²) in [5.41, 5.74) is 4.85. The number of para-hydroxylation sites is 1. The first-order valence-corrected chi connectivity index (χ1v) is 9.03. The molecule has 0 spiro atoms. The Bertz CT molecular complexity index is 786. The van der Waals surface area contributed by atoms with Gasteiger partial charge in [0.1, 0.15) is 0 Å². The fraction of sp³-hybridized carbons (Fsp3) is 0.286. The number of hydrogen-bond acceptors (Lipinski definition) is 3. The minimum Gasteiger partial charge on any atom is -0.379 e. The van der Waals surface area contributed by atoms with E-state index in [9.17, 15) is 0 Å². The molecule has 25 heavy (non-hydrogen) atoms. The van der Waals surface area contributed by atoms with Gasteiger partial charge >= 0.3 is 0 Å². The highest BCUT2D eigenvalue weighted by atomic mass is 15.3. The van der Waals surface area contributed by atoms with Gasteiger partial charge in [0.25, 0.3) is 0 Å². The second kappa shape index (κ2) is 7.53. The van der Waals surface area contributed by atoms with Crippen molar-refractivity contribution in [3.63, 3.8) is 0 Å². The number of benzene rings is 2. The van der Waals surface area contributed by atoms with Crippen LogP contribution in [0.25, 0.3) is 5.69 Å². The fourth-order valence-corrected chi connectivity index (χ4v) is 3.49. The van der Waals surface area contributed by atoms with Crippen molar-refractivity contribution in [2.24, 2.45) is 0 Å². The van der Waals surface area contributed by atoms with Crippen molar-refractivity contribution in [3.05, 3.63) is 78.1 Å². The lowest BCUT2D eigenvalue weighted by molar-refractivity contribution is 0.460. The van der Waals surface area contributed by atoms with Crippen LogP contribution in [0.1, 0.15) is 30.0 Å². The molecular weight excluding hydrogens is 308 g/mol. The Hall–Kier alpha value is -2.59. The molecule has 1 aliphatic rings. The van der Waals surface area contributed by atoms with Crippen LogP contribution in [0, 0.1) is 0 Å². The molecule has 0 amide bonds. The molecule has 2 aromatic carbocycles. The van der Waals surface area contributed by atoms with E-state index in [1.807, 2.05) is 29.1 Å². The minimum atomic E-state index is 0.704. The van der Waals surface area contributed by atoms with Gasteiger partial charge in [-0.1, -0.05) is 30.3 Å². The van der Waals surface area contributed by atoms with Crippen LogP contribution in [0.4, 0.5) is 5.69 Å². The Morgan fingerprint density at radius 3 is 2.48 bits per heavy atom. The fourth-order valence-electron chi connectivity index (χ4n) is 3.49. The summed E-state index contributed by atoms with van der Waals surface area (Å²) < 4.78 is 1.98. The van der Waals surface area contributed by atoms with Crippen LogP contribution in [-0.4, -0.2) is 22.9 Å². The molecule has 0 saturated carbocycles. The number of aromatic nitrogens is 2. The van der Waals surface area contributed by atoms with Crippen LogP contribution < -0.4 is 10.6 Å². The molecule has 0 unspecified atom stereocenters. The predicted molar refractivity (Wildman–Crippen MR) is 102 cm³/mol. The number of nitrogens with zero attached hydrogens (tertiary/aromatic N) is 2. The molecule has 4 heteroatoms. The molecule has 3 aromatic rings. The smallest absolute Gasteiger partial charge is 0.0649 e. The number of hydrogen-bond donors (Lipinski definition) is 2. The van der Waals surface area contributed by atoms with Crippen molar-refractivity contribution < 1.29 is 0 Å². The lowest BCUT2D eigenvalue weighted by atomic mass is 9.90. The largest absolute Gasteiger partial charge is 0.379 e. The van der Waals surface area contributed by atoms with Crippen LogP contribution in [0.2, 0.25) is 0 Å². The minimum absolute atomic E-state index is 0.704. The third-order valence-electron chi connectivity index (χ3n) is 4.92. The standard InChI is InChI=1S/C21H24N4/c1-2-4-20(5-3-1)25-21(12-15-24-25)16-23-19-8-6-17(7-9-19)18-10-13-22-14-11-18/h1-9,12,15,18,22-23H,10-11,13-14,16H2. The third kappa shape index (κ3) is 3.74. The summed E-state index contributed by atoms with van der Waals surface area (Å²) in [5.74, 6) is 0.704. The molecule has 1 fully saturated rings. The quantitative estimate of drug-likeness (QED) is 0.743. The molecule has 2 heterocycles.